The fraction of sp³-hybridized carbons (Fsp3) is 0.381. The van der Waals surface area contributed by atoms with Crippen molar-refractivity contribution in [2.45, 2.75) is 38.6 Å². The van der Waals surface area contributed by atoms with Gasteiger partial charge in [0.05, 0.1) is 6.26 Å². The summed E-state index contributed by atoms with van der Waals surface area (Å²) in [6.07, 6.45) is 3.30. The molecular formula is C21H24N2O4. The predicted octanol–water partition coefficient (Wildman–Crippen LogP) is 2.97. The number of carbonyl (C=O) groups excluding carboxylic acids is 3. The van der Waals surface area contributed by atoms with Gasteiger partial charge in [0.25, 0.3) is 5.91 Å². The molecule has 1 aromatic heterocycles. The van der Waals surface area contributed by atoms with Crippen LogP contribution in [-0.4, -0.2) is 41.6 Å². The van der Waals surface area contributed by atoms with Gasteiger partial charge in [-0.25, -0.2) is 0 Å². The van der Waals surface area contributed by atoms with Crippen molar-refractivity contribution in [3.8, 4) is 0 Å². The zero-order valence-corrected chi connectivity index (χ0v) is 15.4. The Hall–Kier alpha value is -2.89. The third-order valence-electron chi connectivity index (χ3n) is 4.87. The van der Waals surface area contributed by atoms with Crippen LogP contribution < -0.4 is 5.32 Å². The molecule has 1 aromatic carbocycles. The normalized spacial score (nSPS) is 14.8. The minimum atomic E-state index is -0.228. The second kappa shape index (κ2) is 8.66. The van der Waals surface area contributed by atoms with Crippen LogP contribution >= 0.6 is 0 Å². The summed E-state index contributed by atoms with van der Waals surface area (Å²) in [6.45, 7) is 3.14. The van der Waals surface area contributed by atoms with Crippen LogP contribution in [0.2, 0.25) is 0 Å². The largest absolute Gasteiger partial charge is 0.459 e. The predicted molar refractivity (Wildman–Crippen MR) is 101 cm³/mol. The summed E-state index contributed by atoms with van der Waals surface area (Å²) in [5.74, 6) is 0.0480. The number of nitrogens with zero attached hydrogens (tertiary/aromatic N) is 1. The quantitative estimate of drug-likeness (QED) is 0.795. The smallest absolute Gasteiger partial charge is 0.287 e. The fourth-order valence-electron chi connectivity index (χ4n) is 3.20. The molecule has 0 saturated carbocycles. The Labute approximate surface area is 158 Å². The van der Waals surface area contributed by atoms with Crippen LogP contribution in [-0.2, 0) is 4.79 Å². The number of aryl methyl sites for hydroxylation is 1. The molecule has 0 spiro atoms. The molecule has 0 atom stereocenters. The van der Waals surface area contributed by atoms with E-state index in [4.69, 9.17) is 4.42 Å². The van der Waals surface area contributed by atoms with Crippen LogP contribution in [0.25, 0.3) is 0 Å². The fourth-order valence-corrected chi connectivity index (χ4v) is 3.20. The van der Waals surface area contributed by atoms with Gasteiger partial charge in [-0.15, -0.1) is 0 Å². The van der Waals surface area contributed by atoms with Gasteiger partial charge < -0.3 is 14.6 Å². The molecule has 1 fully saturated rings. The Morgan fingerprint density at radius 2 is 1.78 bits per heavy atom. The van der Waals surface area contributed by atoms with Gasteiger partial charge in [-0.3, -0.25) is 14.4 Å². The number of furan rings is 1. The summed E-state index contributed by atoms with van der Waals surface area (Å²) in [7, 11) is 0. The maximum Gasteiger partial charge on any atom is 0.287 e. The molecule has 6 heteroatoms. The number of benzene rings is 1. The lowest BCUT2D eigenvalue weighted by Gasteiger charge is -2.32. The van der Waals surface area contributed by atoms with Crippen molar-refractivity contribution in [2.24, 2.45) is 0 Å². The van der Waals surface area contributed by atoms with Crippen molar-refractivity contribution < 1.29 is 18.8 Å². The first-order valence-corrected chi connectivity index (χ1v) is 9.25. The molecule has 142 valence electrons. The second-order valence-electron chi connectivity index (χ2n) is 6.90. The lowest BCUT2D eigenvalue weighted by molar-refractivity contribution is -0.132. The molecule has 1 saturated heterocycles. The Morgan fingerprint density at radius 1 is 1.07 bits per heavy atom. The number of Topliss-reactive ketones (excluding diaryl/α,β-unsaturated/α-hetero) is 1. The van der Waals surface area contributed by atoms with Crippen molar-refractivity contribution in [3.63, 3.8) is 0 Å². The zero-order valence-electron chi connectivity index (χ0n) is 15.4. The number of piperidine rings is 1. The summed E-state index contributed by atoms with van der Waals surface area (Å²) >= 11 is 0. The number of nitrogens with one attached hydrogen (secondary N) is 1. The summed E-state index contributed by atoms with van der Waals surface area (Å²) in [5.41, 5.74) is 1.75. The van der Waals surface area contributed by atoms with E-state index in [-0.39, 0.29) is 36.5 Å². The van der Waals surface area contributed by atoms with Gasteiger partial charge >= 0.3 is 0 Å². The van der Waals surface area contributed by atoms with Crippen molar-refractivity contribution >= 4 is 17.6 Å². The molecule has 2 heterocycles. The first kappa shape index (κ1) is 18.9. The highest BCUT2D eigenvalue weighted by Crippen LogP contribution is 2.14. The maximum atomic E-state index is 12.4. The number of likely N-dealkylation sites (tertiary alicyclic amines) is 1. The molecule has 2 aromatic rings. The molecule has 3 rings (SSSR count). The average molecular weight is 368 g/mol. The van der Waals surface area contributed by atoms with E-state index in [9.17, 15) is 14.4 Å². The zero-order chi connectivity index (χ0) is 19.2. The topological polar surface area (TPSA) is 79.6 Å². The minimum Gasteiger partial charge on any atom is -0.459 e. The highest BCUT2D eigenvalue weighted by atomic mass is 16.3. The van der Waals surface area contributed by atoms with Crippen LogP contribution in [0.3, 0.4) is 0 Å². The summed E-state index contributed by atoms with van der Waals surface area (Å²) in [6, 6.07) is 10.7. The van der Waals surface area contributed by atoms with E-state index in [1.54, 1.807) is 29.2 Å². The number of hydrogen-bond acceptors (Lipinski definition) is 4. The standard InChI is InChI=1S/C21H24N2O4/c1-15-4-6-16(7-5-15)18(24)8-9-20(25)23-12-10-17(11-13-23)22-21(26)19-3-2-14-27-19/h2-7,14,17H,8-13H2,1H3,(H,22,26). The maximum absolute atomic E-state index is 12.4. The summed E-state index contributed by atoms with van der Waals surface area (Å²) in [4.78, 5) is 38.4. The molecule has 0 radical (unpaired) electrons. The molecule has 27 heavy (non-hydrogen) atoms. The number of carbonyl (C=O) groups is 3. The van der Waals surface area contributed by atoms with E-state index in [1.807, 2.05) is 19.1 Å². The van der Waals surface area contributed by atoms with Crippen molar-refractivity contribution in [1.29, 1.82) is 0 Å². The van der Waals surface area contributed by atoms with Crippen LogP contribution in [0, 0.1) is 6.92 Å². The Morgan fingerprint density at radius 3 is 2.41 bits per heavy atom. The monoisotopic (exact) mass is 368 g/mol. The van der Waals surface area contributed by atoms with E-state index >= 15 is 0 Å². The molecular weight excluding hydrogens is 344 g/mol. The van der Waals surface area contributed by atoms with Crippen LogP contribution in [0.15, 0.2) is 47.1 Å². The highest BCUT2D eigenvalue weighted by molar-refractivity contribution is 5.98. The molecule has 0 unspecified atom stereocenters. The summed E-state index contributed by atoms with van der Waals surface area (Å²) in [5, 5.41) is 2.93. The van der Waals surface area contributed by atoms with E-state index in [2.05, 4.69) is 5.32 Å². The third-order valence-corrected chi connectivity index (χ3v) is 4.87. The van der Waals surface area contributed by atoms with Crippen molar-refractivity contribution in [3.05, 3.63) is 59.5 Å². The lowest BCUT2D eigenvalue weighted by Crippen LogP contribution is -2.46. The van der Waals surface area contributed by atoms with Gasteiger partial charge in [-0.2, -0.15) is 0 Å². The van der Waals surface area contributed by atoms with Crippen LogP contribution in [0.5, 0.6) is 0 Å². The Kier molecular flexibility index (Phi) is 6.06. The van der Waals surface area contributed by atoms with Gasteiger partial charge in [0, 0.05) is 37.5 Å². The Bertz CT molecular complexity index is 788. The molecule has 6 nitrogen and oxygen atoms in total. The number of amides is 2. The number of ketones is 1. The van der Waals surface area contributed by atoms with Gasteiger partial charge in [0.1, 0.15) is 0 Å². The SMILES string of the molecule is Cc1ccc(C(=O)CCC(=O)N2CCC(NC(=O)c3ccco3)CC2)cc1. The summed E-state index contributed by atoms with van der Waals surface area (Å²) < 4.78 is 5.08. The number of rotatable bonds is 6. The minimum absolute atomic E-state index is 0.00808. The van der Waals surface area contributed by atoms with Gasteiger partial charge in [0.15, 0.2) is 11.5 Å². The van der Waals surface area contributed by atoms with Gasteiger partial charge in [-0.05, 0) is 31.9 Å². The second-order valence-corrected chi connectivity index (χ2v) is 6.90. The van der Waals surface area contributed by atoms with E-state index in [1.165, 1.54) is 6.26 Å². The van der Waals surface area contributed by atoms with Gasteiger partial charge in [-0.1, -0.05) is 29.8 Å². The first-order valence-electron chi connectivity index (χ1n) is 9.25. The molecule has 1 N–H and O–H groups in total. The van der Waals surface area contributed by atoms with Crippen molar-refractivity contribution in [2.75, 3.05) is 13.1 Å². The average Bonchev–Trinajstić information content (AvgIpc) is 3.22. The Balaban J connectivity index is 1.41. The molecule has 1 aliphatic heterocycles. The third kappa shape index (κ3) is 5.06. The first-order chi connectivity index (χ1) is 13.0. The van der Waals surface area contributed by atoms with E-state index in [0.29, 0.717) is 37.3 Å². The van der Waals surface area contributed by atoms with E-state index < -0.39 is 0 Å². The molecule has 2 amide bonds. The van der Waals surface area contributed by atoms with Crippen molar-refractivity contribution in [1.82, 2.24) is 10.2 Å². The van der Waals surface area contributed by atoms with E-state index in [0.717, 1.165) is 5.56 Å². The van der Waals surface area contributed by atoms with Crippen LogP contribution in [0.4, 0.5) is 0 Å². The molecule has 0 bridgehead atoms. The van der Waals surface area contributed by atoms with Crippen LogP contribution in [0.1, 0.15) is 52.2 Å². The highest BCUT2D eigenvalue weighted by Gasteiger charge is 2.25. The van der Waals surface area contributed by atoms with Gasteiger partial charge in [0.2, 0.25) is 5.91 Å². The number of hydrogen-bond donors (Lipinski definition) is 1. The lowest BCUT2D eigenvalue weighted by atomic mass is 10.0. The molecule has 1 aliphatic rings. The molecule has 0 aliphatic carbocycles.